The van der Waals surface area contributed by atoms with Gasteiger partial charge in [-0.25, -0.2) is 4.39 Å². The Hall–Kier alpha value is -0.0800. The van der Waals surface area contributed by atoms with Crippen molar-refractivity contribution in [2.75, 3.05) is 0 Å². The fraction of sp³-hybridized carbons (Fsp3) is 0.333. The monoisotopic (exact) mass is 250 g/mol. The first-order valence-electron chi connectivity index (χ1n) is 3.67. The predicted octanol–water partition coefficient (Wildman–Crippen LogP) is 4.37. The van der Waals surface area contributed by atoms with E-state index in [0.29, 0.717) is 15.1 Å². The molecule has 0 radical (unpaired) electrons. The maximum absolute atomic E-state index is 13.2. The molecule has 0 atom stereocenters. The molecular formula is C9H9BrClF. The Balaban J connectivity index is 3.23. The zero-order valence-electron chi connectivity index (χ0n) is 6.87. The second kappa shape index (κ2) is 3.75. The topological polar surface area (TPSA) is 0 Å². The van der Waals surface area contributed by atoms with Crippen LogP contribution in [0.25, 0.3) is 0 Å². The lowest BCUT2D eigenvalue weighted by Crippen LogP contribution is -1.92. The molecule has 0 heterocycles. The number of rotatable bonds is 1. The average molecular weight is 252 g/mol. The molecule has 1 aromatic rings. The second-order valence-corrected chi connectivity index (χ2v) is 4.20. The Labute approximate surface area is 84.9 Å². The van der Waals surface area contributed by atoms with Crippen LogP contribution in [0, 0.1) is 5.82 Å². The van der Waals surface area contributed by atoms with Gasteiger partial charge in [0.05, 0.1) is 5.02 Å². The van der Waals surface area contributed by atoms with Gasteiger partial charge in [-0.15, -0.1) is 0 Å². The van der Waals surface area contributed by atoms with Crippen molar-refractivity contribution in [3.8, 4) is 0 Å². The largest absolute Gasteiger partial charge is 0.207 e. The van der Waals surface area contributed by atoms with Gasteiger partial charge in [-0.05, 0) is 39.5 Å². The zero-order chi connectivity index (χ0) is 9.30. The Bertz CT molecular complexity index is 297. The first kappa shape index (κ1) is 10.0. The van der Waals surface area contributed by atoms with Crippen molar-refractivity contribution in [2.45, 2.75) is 19.8 Å². The molecule has 0 N–H and O–H groups in total. The van der Waals surface area contributed by atoms with Crippen LogP contribution in [-0.4, -0.2) is 0 Å². The molecule has 0 nitrogen and oxygen atoms in total. The van der Waals surface area contributed by atoms with E-state index in [0.717, 1.165) is 0 Å². The van der Waals surface area contributed by atoms with Crippen molar-refractivity contribution < 1.29 is 4.39 Å². The summed E-state index contributed by atoms with van der Waals surface area (Å²) in [5.74, 6) is -0.0446. The van der Waals surface area contributed by atoms with Crippen LogP contribution >= 0.6 is 27.5 Å². The highest BCUT2D eigenvalue weighted by Crippen LogP contribution is 2.29. The van der Waals surface area contributed by atoms with Crippen molar-refractivity contribution in [1.29, 1.82) is 0 Å². The van der Waals surface area contributed by atoms with E-state index in [4.69, 9.17) is 11.6 Å². The molecule has 0 saturated heterocycles. The first-order chi connectivity index (χ1) is 5.52. The highest BCUT2D eigenvalue weighted by molar-refractivity contribution is 9.10. The zero-order valence-corrected chi connectivity index (χ0v) is 9.21. The highest BCUT2D eigenvalue weighted by atomic mass is 79.9. The summed E-state index contributed by atoms with van der Waals surface area (Å²) >= 11 is 8.97. The number of benzene rings is 1. The number of hydrogen-bond acceptors (Lipinski definition) is 0. The van der Waals surface area contributed by atoms with Crippen molar-refractivity contribution >= 4 is 27.5 Å². The van der Waals surface area contributed by atoms with Gasteiger partial charge < -0.3 is 0 Å². The quantitative estimate of drug-likeness (QED) is 0.650. The lowest BCUT2D eigenvalue weighted by Gasteiger charge is -2.07. The number of hydrogen-bond donors (Lipinski definition) is 0. The molecule has 0 aromatic heterocycles. The fourth-order valence-corrected chi connectivity index (χ4v) is 1.47. The van der Waals surface area contributed by atoms with Crippen LogP contribution in [0.2, 0.25) is 5.02 Å². The van der Waals surface area contributed by atoms with Crippen molar-refractivity contribution in [1.82, 2.24) is 0 Å². The minimum Gasteiger partial charge on any atom is -0.207 e. The Morgan fingerprint density at radius 1 is 1.42 bits per heavy atom. The maximum Gasteiger partial charge on any atom is 0.127 e. The van der Waals surface area contributed by atoms with Gasteiger partial charge in [0, 0.05) is 4.47 Å². The summed E-state index contributed by atoms with van der Waals surface area (Å²) in [4.78, 5) is 0. The van der Waals surface area contributed by atoms with Gasteiger partial charge in [0.1, 0.15) is 5.82 Å². The van der Waals surface area contributed by atoms with Crippen molar-refractivity contribution in [3.63, 3.8) is 0 Å². The molecule has 1 rings (SSSR count). The first-order valence-corrected chi connectivity index (χ1v) is 4.84. The van der Waals surface area contributed by atoms with Gasteiger partial charge in [0.15, 0.2) is 0 Å². The van der Waals surface area contributed by atoms with Crippen LogP contribution in [0.5, 0.6) is 0 Å². The average Bonchev–Trinajstić information content (AvgIpc) is 1.96. The van der Waals surface area contributed by atoms with E-state index in [1.807, 2.05) is 13.8 Å². The standard InChI is InChI=1S/C9H9BrClF/c1-5(2)6-3-8(11)7(10)4-9(6)12/h3-5H,1-2H3. The lowest BCUT2D eigenvalue weighted by atomic mass is 10.0. The molecule has 0 spiro atoms. The maximum atomic E-state index is 13.2. The van der Waals surface area contributed by atoms with Gasteiger partial charge in [0.2, 0.25) is 0 Å². The predicted molar refractivity (Wildman–Crippen MR) is 53.2 cm³/mol. The van der Waals surface area contributed by atoms with Gasteiger partial charge in [0.25, 0.3) is 0 Å². The van der Waals surface area contributed by atoms with E-state index in [9.17, 15) is 4.39 Å². The van der Waals surface area contributed by atoms with Crippen molar-refractivity contribution in [3.05, 3.63) is 33.0 Å². The van der Waals surface area contributed by atoms with Crippen LogP contribution < -0.4 is 0 Å². The molecule has 0 aliphatic rings. The minimum atomic E-state index is -0.207. The summed E-state index contributed by atoms with van der Waals surface area (Å²) in [6, 6.07) is 3.06. The van der Waals surface area contributed by atoms with Crippen LogP contribution in [-0.2, 0) is 0 Å². The van der Waals surface area contributed by atoms with Gasteiger partial charge in [-0.2, -0.15) is 0 Å². The molecule has 12 heavy (non-hydrogen) atoms. The van der Waals surface area contributed by atoms with Gasteiger partial charge >= 0.3 is 0 Å². The lowest BCUT2D eigenvalue weighted by molar-refractivity contribution is 0.597. The van der Waals surface area contributed by atoms with E-state index >= 15 is 0 Å². The highest BCUT2D eigenvalue weighted by Gasteiger charge is 2.09. The molecule has 0 bridgehead atoms. The molecule has 0 aliphatic heterocycles. The molecule has 1 aromatic carbocycles. The molecule has 3 heteroatoms. The van der Waals surface area contributed by atoms with Crippen LogP contribution in [0.15, 0.2) is 16.6 Å². The summed E-state index contributed by atoms with van der Waals surface area (Å²) in [7, 11) is 0. The third-order valence-corrected chi connectivity index (χ3v) is 2.86. The molecule has 0 amide bonds. The third-order valence-electron chi connectivity index (χ3n) is 1.66. The molecule has 0 fully saturated rings. The van der Waals surface area contributed by atoms with Gasteiger partial charge in [-0.1, -0.05) is 25.4 Å². The molecular weight excluding hydrogens is 242 g/mol. The fourth-order valence-electron chi connectivity index (χ4n) is 0.980. The van der Waals surface area contributed by atoms with Crippen LogP contribution in [0.4, 0.5) is 4.39 Å². The summed E-state index contributed by atoms with van der Waals surface area (Å²) < 4.78 is 13.8. The van der Waals surface area contributed by atoms with E-state index in [1.54, 1.807) is 6.07 Å². The molecule has 0 aliphatic carbocycles. The Morgan fingerprint density at radius 3 is 2.50 bits per heavy atom. The van der Waals surface area contributed by atoms with E-state index in [1.165, 1.54) is 6.07 Å². The van der Waals surface area contributed by atoms with E-state index in [-0.39, 0.29) is 11.7 Å². The number of halogens is 3. The minimum absolute atomic E-state index is 0.163. The molecule has 0 unspecified atom stereocenters. The summed E-state index contributed by atoms with van der Waals surface area (Å²) in [6.45, 7) is 3.87. The van der Waals surface area contributed by atoms with Gasteiger partial charge in [-0.3, -0.25) is 0 Å². The Kier molecular flexibility index (Phi) is 3.13. The second-order valence-electron chi connectivity index (χ2n) is 2.94. The normalized spacial score (nSPS) is 10.8. The molecule has 0 saturated carbocycles. The SMILES string of the molecule is CC(C)c1cc(Cl)c(Br)cc1F. The summed E-state index contributed by atoms with van der Waals surface area (Å²) in [5, 5.41) is 0.556. The van der Waals surface area contributed by atoms with E-state index < -0.39 is 0 Å². The Morgan fingerprint density at radius 2 is 2.00 bits per heavy atom. The smallest absolute Gasteiger partial charge is 0.127 e. The third kappa shape index (κ3) is 1.99. The van der Waals surface area contributed by atoms with Crippen molar-refractivity contribution in [2.24, 2.45) is 0 Å². The summed E-state index contributed by atoms with van der Waals surface area (Å²) in [5.41, 5.74) is 0.656. The van der Waals surface area contributed by atoms with E-state index in [2.05, 4.69) is 15.9 Å². The summed E-state index contributed by atoms with van der Waals surface area (Å²) in [6.07, 6.45) is 0. The molecule has 66 valence electrons. The van der Waals surface area contributed by atoms with Crippen LogP contribution in [0.3, 0.4) is 0 Å². The van der Waals surface area contributed by atoms with Crippen LogP contribution in [0.1, 0.15) is 25.3 Å².